The quantitative estimate of drug-likeness (QED) is 0.654. The lowest BCUT2D eigenvalue weighted by Gasteiger charge is -2.06. The van der Waals surface area contributed by atoms with Crippen molar-refractivity contribution in [2.75, 3.05) is 5.73 Å². The van der Waals surface area contributed by atoms with Gasteiger partial charge in [0.05, 0.1) is 10.7 Å². The minimum absolute atomic E-state index is 0.638. The predicted octanol–water partition coefficient (Wildman–Crippen LogP) is 4.70. The van der Waals surface area contributed by atoms with Gasteiger partial charge in [0.2, 0.25) is 0 Å². The van der Waals surface area contributed by atoms with Gasteiger partial charge in [0, 0.05) is 10.6 Å². The summed E-state index contributed by atoms with van der Waals surface area (Å²) in [5.41, 5.74) is 10.8. The van der Waals surface area contributed by atoms with Crippen LogP contribution in [-0.4, -0.2) is 0 Å². The van der Waals surface area contributed by atoms with E-state index in [2.05, 4.69) is 18.2 Å². The number of rotatable bonds is 3. The third-order valence-electron chi connectivity index (χ3n) is 3.54. The molecule has 0 heterocycles. The maximum atomic E-state index is 6.03. The third-order valence-corrected chi connectivity index (χ3v) is 4.93. The smallest absolute Gasteiger partial charge is 0.0646 e. The summed E-state index contributed by atoms with van der Waals surface area (Å²) in [6.45, 7) is 0. The number of halogens is 1. The van der Waals surface area contributed by atoms with Crippen molar-refractivity contribution in [3.63, 3.8) is 0 Å². The molecule has 3 rings (SSSR count). The van der Waals surface area contributed by atoms with Gasteiger partial charge in [-0.3, -0.25) is 0 Å². The predicted molar refractivity (Wildman–Crippen MR) is 83.9 cm³/mol. The summed E-state index contributed by atoms with van der Waals surface area (Å²) in [6, 6.07) is 12.7. The number of hydrogen-bond donors (Lipinski definition) is 1. The fourth-order valence-electron chi connectivity index (χ4n) is 2.48. The molecule has 2 N–H and O–H groups in total. The Kier molecular flexibility index (Phi) is 3.72. The van der Waals surface area contributed by atoms with E-state index >= 15 is 0 Å². The molecule has 0 aliphatic heterocycles. The molecule has 0 unspecified atom stereocenters. The molecule has 3 heteroatoms. The first-order chi connectivity index (χ1) is 9.22. The van der Waals surface area contributed by atoms with Gasteiger partial charge >= 0.3 is 0 Å². The molecule has 0 aromatic heterocycles. The molecule has 0 amide bonds. The highest BCUT2D eigenvalue weighted by molar-refractivity contribution is 7.98. The Bertz CT molecular complexity index is 610. The summed E-state index contributed by atoms with van der Waals surface area (Å²) >= 11 is 7.84. The van der Waals surface area contributed by atoms with Gasteiger partial charge in [0.1, 0.15) is 0 Å². The van der Waals surface area contributed by atoms with Crippen LogP contribution in [0.5, 0.6) is 0 Å². The second-order valence-corrected chi connectivity index (χ2v) is 6.38. The fourth-order valence-corrected chi connectivity index (χ4v) is 3.60. The largest absolute Gasteiger partial charge is 0.398 e. The van der Waals surface area contributed by atoms with Crippen LogP contribution in [0.2, 0.25) is 5.02 Å². The van der Waals surface area contributed by atoms with Crippen LogP contribution >= 0.6 is 23.4 Å². The van der Waals surface area contributed by atoms with Gasteiger partial charge in [-0.15, -0.1) is 11.8 Å². The lowest BCUT2D eigenvalue weighted by atomic mass is 10.1. The van der Waals surface area contributed by atoms with E-state index in [-0.39, 0.29) is 0 Å². The number of anilines is 1. The third kappa shape index (κ3) is 2.90. The van der Waals surface area contributed by atoms with Gasteiger partial charge < -0.3 is 5.73 Å². The average Bonchev–Trinajstić information content (AvgIpc) is 2.87. The zero-order valence-electron chi connectivity index (χ0n) is 10.7. The Morgan fingerprint density at radius 3 is 2.74 bits per heavy atom. The number of nitrogen functional groups attached to an aromatic ring is 1. The van der Waals surface area contributed by atoms with E-state index in [1.54, 1.807) is 11.8 Å². The Hall–Kier alpha value is -1.12. The molecule has 1 nitrogen and oxygen atoms in total. The monoisotopic (exact) mass is 289 g/mol. The normalized spacial score (nSPS) is 13.5. The summed E-state index contributed by atoms with van der Waals surface area (Å²) in [5, 5.41) is 0.638. The SMILES string of the molecule is Nc1ccc(SCc2ccc3c(c2)CCC3)cc1Cl. The van der Waals surface area contributed by atoms with Crippen molar-refractivity contribution in [1.29, 1.82) is 0 Å². The Labute approximate surface area is 123 Å². The Morgan fingerprint density at radius 2 is 1.89 bits per heavy atom. The van der Waals surface area contributed by atoms with Crippen LogP contribution in [0.3, 0.4) is 0 Å². The second-order valence-electron chi connectivity index (χ2n) is 4.93. The molecule has 0 bridgehead atoms. The number of fused-ring (bicyclic) bond motifs is 1. The molecule has 0 spiro atoms. The van der Waals surface area contributed by atoms with Gasteiger partial charge in [0.15, 0.2) is 0 Å². The first-order valence-corrected chi connectivity index (χ1v) is 7.87. The minimum atomic E-state index is 0.638. The van der Waals surface area contributed by atoms with Crippen LogP contribution in [0.25, 0.3) is 0 Å². The molecule has 2 aromatic rings. The van der Waals surface area contributed by atoms with E-state index in [1.165, 1.54) is 40.8 Å². The molecule has 0 fully saturated rings. The van der Waals surface area contributed by atoms with Crippen LogP contribution in [-0.2, 0) is 18.6 Å². The summed E-state index contributed by atoms with van der Waals surface area (Å²) in [4.78, 5) is 1.17. The first kappa shape index (κ1) is 12.9. The summed E-state index contributed by atoms with van der Waals surface area (Å²) < 4.78 is 0. The van der Waals surface area contributed by atoms with Gasteiger partial charge in [-0.05, 0) is 54.2 Å². The number of aryl methyl sites for hydroxylation is 2. The molecule has 19 heavy (non-hydrogen) atoms. The molecular weight excluding hydrogens is 274 g/mol. The lowest BCUT2D eigenvalue weighted by Crippen LogP contribution is -1.88. The maximum absolute atomic E-state index is 6.03. The summed E-state index contributed by atoms with van der Waals surface area (Å²) in [7, 11) is 0. The fraction of sp³-hybridized carbons (Fsp3) is 0.250. The van der Waals surface area contributed by atoms with Crippen molar-refractivity contribution in [2.45, 2.75) is 29.9 Å². The Morgan fingerprint density at radius 1 is 1.05 bits per heavy atom. The number of thioether (sulfide) groups is 1. The number of benzene rings is 2. The van der Waals surface area contributed by atoms with Crippen molar-refractivity contribution in [1.82, 2.24) is 0 Å². The van der Waals surface area contributed by atoms with E-state index in [9.17, 15) is 0 Å². The highest BCUT2D eigenvalue weighted by Gasteiger charge is 2.10. The molecule has 2 aromatic carbocycles. The standard InChI is InChI=1S/C16H16ClNS/c17-15-9-14(6-7-16(15)18)19-10-11-4-5-12-2-1-3-13(12)8-11/h4-9H,1-3,10,18H2. The summed E-state index contributed by atoms with van der Waals surface area (Å²) in [5.74, 6) is 0.980. The van der Waals surface area contributed by atoms with E-state index in [1.807, 2.05) is 18.2 Å². The van der Waals surface area contributed by atoms with E-state index in [4.69, 9.17) is 17.3 Å². The summed E-state index contributed by atoms with van der Waals surface area (Å²) in [6.07, 6.45) is 3.79. The second kappa shape index (κ2) is 5.48. The van der Waals surface area contributed by atoms with E-state index < -0.39 is 0 Å². The minimum Gasteiger partial charge on any atom is -0.398 e. The highest BCUT2D eigenvalue weighted by Crippen LogP contribution is 2.30. The average molecular weight is 290 g/mol. The van der Waals surface area contributed by atoms with Crippen molar-refractivity contribution < 1.29 is 0 Å². The van der Waals surface area contributed by atoms with Crippen LogP contribution in [0, 0.1) is 0 Å². The van der Waals surface area contributed by atoms with Crippen LogP contribution in [0.4, 0.5) is 5.69 Å². The first-order valence-electron chi connectivity index (χ1n) is 6.51. The highest BCUT2D eigenvalue weighted by atomic mass is 35.5. The molecule has 1 aliphatic carbocycles. The van der Waals surface area contributed by atoms with E-state index in [0.717, 1.165) is 5.75 Å². The van der Waals surface area contributed by atoms with Crippen LogP contribution < -0.4 is 5.73 Å². The molecule has 1 aliphatic rings. The Balaban J connectivity index is 1.70. The van der Waals surface area contributed by atoms with Crippen LogP contribution in [0.1, 0.15) is 23.1 Å². The molecule has 0 saturated carbocycles. The zero-order chi connectivity index (χ0) is 13.2. The zero-order valence-corrected chi connectivity index (χ0v) is 12.2. The van der Waals surface area contributed by atoms with Crippen molar-refractivity contribution in [3.05, 3.63) is 58.1 Å². The molecule has 0 saturated heterocycles. The van der Waals surface area contributed by atoms with Crippen LogP contribution in [0.15, 0.2) is 41.3 Å². The lowest BCUT2D eigenvalue weighted by molar-refractivity contribution is 0.911. The topological polar surface area (TPSA) is 26.0 Å². The number of hydrogen-bond acceptors (Lipinski definition) is 2. The molecule has 0 atom stereocenters. The van der Waals surface area contributed by atoms with Crippen molar-refractivity contribution in [2.24, 2.45) is 0 Å². The van der Waals surface area contributed by atoms with Gasteiger partial charge in [-0.2, -0.15) is 0 Å². The van der Waals surface area contributed by atoms with Gasteiger partial charge in [-0.25, -0.2) is 0 Å². The molecule has 98 valence electrons. The van der Waals surface area contributed by atoms with Gasteiger partial charge in [0.25, 0.3) is 0 Å². The van der Waals surface area contributed by atoms with Gasteiger partial charge in [-0.1, -0.05) is 29.8 Å². The number of nitrogens with two attached hydrogens (primary N) is 1. The van der Waals surface area contributed by atoms with Crippen molar-refractivity contribution in [3.8, 4) is 0 Å². The van der Waals surface area contributed by atoms with E-state index in [0.29, 0.717) is 10.7 Å². The van der Waals surface area contributed by atoms with Crippen molar-refractivity contribution >= 4 is 29.1 Å². The molecular formula is C16H16ClNS. The molecule has 0 radical (unpaired) electrons. The maximum Gasteiger partial charge on any atom is 0.0646 e.